The zero-order valence-corrected chi connectivity index (χ0v) is 19.6. The maximum atomic E-state index is 9.14. The zero-order valence-electron chi connectivity index (χ0n) is 16.6. The van der Waals surface area contributed by atoms with Crippen LogP contribution >= 0.6 is 0 Å². The Labute approximate surface area is 151 Å². The van der Waals surface area contributed by atoms with Gasteiger partial charge in [-0.15, -0.1) is 0 Å². The molecule has 0 amide bonds. The van der Waals surface area contributed by atoms with Gasteiger partial charge in [-0.1, -0.05) is 0 Å². The van der Waals surface area contributed by atoms with E-state index in [4.69, 9.17) is 27.9 Å². The molecule has 24 heavy (non-hydrogen) atoms. The lowest BCUT2D eigenvalue weighted by molar-refractivity contribution is -0.0147. The Bertz CT molecular complexity index is 314. The third kappa shape index (κ3) is 14.7. The van der Waals surface area contributed by atoms with Crippen LogP contribution in [-0.2, 0) is 17.7 Å². The van der Waals surface area contributed by atoms with Gasteiger partial charge in [0.15, 0.2) is 16.6 Å². The first-order valence-corrected chi connectivity index (χ1v) is 18.1. The summed E-state index contributed by atoms with van der Waals surface area (Å²) in [5.41, 5.74) is 0. The molecule has 0 aliphatic heterocycles. The van der Waals surface area contributed by atoms with E-state index in [0.717, 1.165) is 12.5 Å². The van der Waals surface area contributed by atoms with Gasteiger partial charge in [-0.2, -0.15) is 0 Å². The summed E-state index contributed by atoms with van der Waals surface area (Å²) in [6.45, 7) is 16.9. The van der Waals surface area contributed by atoms with E-state index in [1.54, 1.807) is 0 Å². The predicted molar refractivity (Wildman–Crippen MR) is 105 cm³/mol. The molecule has 9 heteroatoms. The summed E-state index contributed by atoms with van der Waals surface area (Å²) >= 11 is 0. The monoisotopic (exact) mass is 398 g/mol. The van der Waals surface area contributed by atoms with Gasteiger partial charge in [0.2, 0.25) is 0 Å². The van der Waals surface area contributed by atoms with Crippen molar-refractivity contribution >= 4 is 25.2 Å². The second-order valence-electron chi connectivity index (χ2n) is 8.19. The highest BCUT2D eigenvalue weighted by Crippen LogP contribution is 2.25. The van der Waals surface area contributed by atoms with Crippen molar-refractivity contribution in [2.45, 2.75) is 64.4 Å². The Kier molecular flexibility index (Phi) is 11.4. The molecule has 1 unspecified atom stereocenters. The summed E-state index contributed by atoms with van der Waals surface area (Å²) < 4.78 is 23.7. The van der Waals surface area contributed by atoms with Crippen molar-refractivity contribution in [2.75, 3.05) is 33.0 Å². The van der Waals surface area contributed by atoms with E-state index in [2.05, 4.69) is 45.8 Å². The largest absolute Gasteiger partial charge is 0.437 e. The highest BCUT2D eigenvalue weighted by Gasteiger charge is 2.39. The van der Waals surface area contributed by atoms with Crippen molar-refractivity contribution < 1.29 is 27.9 Å². The van der Waals surface area contributed by atoms with Crippen molar-refractivity contribution in [1.29, 1.82) is 0 Å². The zero-order chi connectivity index (χ0) is 18.9. The third-order valence-corrected chi connectivity index (χ3v) is 12.5. The van der Waals surface area contributed by atoms with Crippen molar-refractivity contribution in [3.8, 4) is 0 Å². The van der Waals surface area contributed by atoms with Crippen LogP contribution < -0.4 is 0 Å². The van der Waals surface area contributed by atoms with E-state index < -0.39 is 31.3 Å². The molecule has 0 aromatic rings. The molecule has 0 saturated carbocycles. The molecule has 2 N–H and O–H groups in total. The minimum atomic E-state index is -2.16. The van der Waals surface area contributed by atoms with Crippen LogP contribution in [0.5, 0.6) is 0 Å². The lowest BCUT2D eigenvalue weighted by Crippen LogP contribution is -2.52. The topological polar surface area (TPSA) is 77.4 Å². The second-order valence-corrected chi connectivity index (χ2v) is 21.0. The molecule has 0 aromatic carbocycles. The molecule has 0 spiro atoms. The highest BCUT2D eigenvalue weighted by molar-refractivity contribution is 6.87. The molecule has 0 fully saturated rings. The Morgan fingerprint density at radius 2 is 1.29 bits per heavy atom. The van der Waals surface area contributed by atoms with Crippen LogP contribution in [0.4, 0.5) is 0 Å². The molecule has 0 bridgehead atoms. The van der Waals surface area contributed by atoms with Gasteiger partial charge < -0.3 is 27.9 Å². The van der Waals surface area contributed by atoms with Crippen LogP contribution in [0.3, 0.4) is 0 Å². The van der Waals surface area contributed by atoms with Crippen LogP contribution in [0.25, 0.3) is 0 Å². The van der Waals surface area contributed by atoms with Crippen molar-refractivity contribution in [3.05, 3.63) is 0 Å². The first-order chi connectivity index (χ1) is 10.9. The average molecular weight is 399 g/mol. The fraction of sp³-hybridized carbons (Fsp3) is 1.00. The molecule has 146 valence electrons. The van der Waals surface area contributed by atoms with Gasteiger partial charge in [-0.05, 0) is 58.3 Å². The maximum absolute atomic E-state index is 9.14. The van der Waals surface area contributed by atoms with Crippen molar-refractivity contribution in [1.82, 2.24) is 0 Å². The van der Waals surface area contributed by atoms with Crippen molar-refractivity contribution in [2.24, 2.45) is 0 Å². The number of rotatable bonds is 14. The summed E-state index contributed by atoms with van der Waals surface area (Å²) in [5, 5.41) is 17.8. The average Bonchev–Trinajstić information content (AvgIpc) is 2.36. The highest BCUT2D eigenvalue weighted by atomic mass is 28.5. The van der Waals surface area contributed by atoms with Gasteiger partial charge in [0.1, 0.15) is 6.10 Å². The molecule has 0 aliphatic rings. The van der Waals surface area contributed by atoms with E-state index in [1.165, 1.54) is 0 Å². The normalized spacial score (nSPS) is 14.9. The number of hydrogen-bond acceptors (Lipinski definition) is 6. The van der Waals surface area contributed by atoms with Crippen LogP contribution in [-0.4, -0.2) is 74.5 Å². The summed E-state index contributed by atoms with van der Waals surface area (Å²) in [6, 6.07) is 0.936. The van der Waals surface area contributed by atoms with Gasteiger partial charge in [0.25, 0.3) is 0 Å². The van der Waals surface area contributed by atoms with Crippen molar-refractivity contribution in [3.63, 3.8) is 0 Å². The van der Waals surface area contributed by atoms with Gasteiger partial charge >= 0.3 is 8.56 Å². The molecular formula is C15H38O6Si3. The lowest BCUT2D eigenvalue weighted by atomic mass is 10.4. The van der Waals surface area contributed by atoms with E-state index in [9.17, 15) is 0 Å². The molecule has 0 rings (SSSR count). The summed E-state index contributed by atoms with van der Waals surface area (Å²) in [5.74, 6) is 0. The van der Waals surface area contributed by atoms with Crippen LogP contribution in [0, 0.1) is 0 Å². The van der Waals surface area contributed by atoms with Gasteiger partial charge in [0.05, 0.1) is 26.4 Å². The summed E-state index contributed by atoms with van der Waals surface area (Å²) in [7, 11) is -5.44. The first kappa shape index (κ1) is 24.4. The fourth-order valence-corrected chi connectivity index (χ4v) is 14.9. The molecule has 0 aliphatic carbocycles. The Morgan fingerprint density at radius 3 is 1.75 bits per heavy atom. The molecule has 6 nitrogen and oxygen atoms in total. The first-order valence-electron chi connectivity index (χ1n) is 8.72. The smallest absolute Gasteiger partial charge is 0.314 e. The summed E-state index contributed by atoms with van der Waals surface area (Å²) in [6.07, 6.45) is 0.103. The number of aliphatic hydroxyl groups excluding tert-OH is 2. The van der Waals surface area contributed by atoms with Crippen LogP contribution in [0.2, 0.25) is 51.9 Å². The van der Waals surface area contributed by atoms with E-state index >= 15 is 0 Å². The van der Waals surface area contributed by atoms with Gasteiger partial charge in [-0.25, -0.2) is 0 Å². The minimum absolute atomic E-state index is 0.138. The predicted octanol–water partition coefficient (Wildman–Crippen LogP) is 2.54. The van der Waals surface area contributed by atoms with Gasteiger partial charge in [-0.3, -0.25) is 0 Å². The molecular weight excluding hydrogens is 360 g/mol. The van der Waals surface area contributed by atoms with Crippen LogP contribution in [0.15, 0.2) is 0 Å². The Hall–Kier alpha value is 0.411. The molecule has 0 heterocycles. The summed E-state index contributed by atoms with van der Waals surface area (Å²) in [4.78, 5) is 0. The van der Waals surface area contributed by atoms with E-state index in [0.29, 0.717) is 19.8 Å². The van der Waals surface area contributed by atoms with E-state index in [-0.39, 0.29) is 13.2 Å². The lowest BCUT2D eigenvalue weighted by Gasteiger charge is -2.38. The SMILES string of the molecule is C[Si](C)(C)O[Si](C)(CCCOCCOCC(O)CO)O[Si](C)(C)C. The quantitative estimate of drug-likeness (QED) is 0.346. The third-order valence-electron chi connectivity index (χ3n) is 2.86. The Morgan fingerprint density at radius 1 is 0.792 bits per heavy atom. The Balaban J connectivity index is 4.07. The molecule has 0 saturated heterocycles. The number of aliphatic hydroxyl groups is 2. The second kappa shape index (κ2) is 11.2. The fourth-order valence-electron chi connectivity index (χ4n) is 2.41. The molecule has 0 radical (unpaired) electrons. The molecule has 0 aromatic heterocycles. The standard InChI is InChI=1S/C15H38O6Si3/c1-22(2,3)20-24(7,21-23(4,5)6)12-8-9-18-10-11-19-14-15(17)13-16/h15-17H,8-14H2,1-7H3. The van der Waals surface area contributed by atoms with Crippen LogP contribution in [0.1, 0.15) is 6.42 Å². The minimum Gasteiger partial charge on any atom is -0.437 e. The number of ether oxygens (including phenoxy) is 2. The number of hydrogen-bond donors (Lipinski definition) is 2. The van der Waals surface area contributed by atoms with Gasteiger partial charge in [0, 0.05) is 6.61 Å². The molecule has 1 atom stereocenters. The maximum Gasteiger partial charge on any atom is 0.314 e. The van der Waals surface area contributed by atoms with E-state index in [1.807, 2.05) is 0 Å².